The number of amides is 1. The van der Waals surface area contributed by atoms with Crippen molar-refractivity contribution in [1.29, 1.82) is 0 Å². The fraction of sp³-hybridized carbons (Fsp3) is 0.714. The highest BCUT2D eigenvalue weighted by atomic mass is 19.4. The molecular formula is C7H10F3NO3. The van der Waals surface area contributed by atoms with Gasteiger partial charge in [-0.25, -0.2) is 4.79 Å². The van der Waals surface area contributed by atoms with Gasteiger partial charge in [0, 0.05) is 0 Å². The number of nitrogens with one attached hydrogen (secondary N) is 1. The highest BCUT2D eigenvalue weighted by Gasteiger charge is 2.40. The minimum absolute atomic E-state index is 0.0306. The number of carboxylic acid groups (broad SMARTS) is 1. The van der Waals surface area contributed by atoms with Gasteiger partial charge in [-0.3, -0.25) is 4.79 Å². The van der Waals surface area contributed by atoms with Gasteiger partial charge in [-0.05, 0) is 6.42 Å². The Bertz CT molecular complexity index is 227. The van der Waals surface area contributed by atoms with Gasteiger partial charge in [-0.2, -0.15) is 13.2 Å². The van der Waals surface area contributed by atoms with Crippen LogP contribution in [0.25, 0.3) is 0 Å². The minimum Gasteiger partial charge on any atom is -0.480 e. The van der Waals surface area contributed by atoms with Gasteiger partial charge in [0.25, 0.3) is 0 Å². The summed E-state index contributed by atoms with van der Waals surface area (Å²) in [5.41, 5.74) is 0. The summed E-state index contributed by atoms with van der Waals surface area (Å²) in [6.45, 7) is 1.61. The number of hydrogen-bond acceptors (Lipinski definition) is 2. The first kappa shape index (κ1) is 12.7. The lowest BCUT2D eigenvalue weighted by Gasteiger charge is -2.14. The maximum atomic E-state index is 11.7. The lowest BCUT2D eigenvalue weighted by molar-refractivity contribution is -0.175. The van der Waals surface area contributed by atoms with Crippen LogP contribution in [0.15, 0.2) is 0 Å². The molecule has 14 heavy (non-hydrogen) atoms. The van der Waals surface area contributed by atoms with Gasteiger partial charge < -0.3 is 10.4 Å². The predicted molar refractivity (Wildman–Crippen MR) is 40.5 cm³/mol. The van der Waals surface area contributed by atoms with E-state index < -0.39 is 24.1 Å². The number of hydrogen-bond donors (Lipinski definition) is 2. The molecule has 0 radical (unpaired) electrons. The van der Waals surface area contributed by atoms with E-state index >= 15 is 0 Å². The maximum Gasteiger partial charge on any atom is 0.471 e. The van der Waals surface area contributed by atoms with E-state index in [2.05, 4.69) is 0 Å². The molecule has 0 bridgehead atoms. The second-order valence-corrected chi connectivity index (χ2v) is 2.65. The molecule has 0 saturated carbocycles. The molecule has 0 fully saturated rings. The Labute approximate surface area is 78.1 Å². The first-order chi connectivity index (χ1) is 6.29. The predicted octanol–water partition coefficient (Wildman–Crippen LogP) is 0.918. The molecule has 0 spiro atoms. The monoisotopic (exact) mass is 213 g/mol. The molecule has 0 unspecified atom stereocenters. The molecule has 0 saturated heterocycles. The van der Waals surface area contributed by atoms with Gasteiger partial charge in [0.15, 0.2) is 0 Å². The number of aliphatic carboxylic acids is 1. The minimum atomic E-state index is -5.04. The van der Waals surface area contributed by atoms with Crippen molar-refractivity contribution in [3.05, 3.63) is 0 Å². The van der Waals surface area contributed by atoms with Crippen LogP contribution in [0.2, 0.25) is 0 Å². The molecular weight excluding hydrogens is 203 g/mol. The third-order valence-corrected chi connectivity index (χ3v) is 1.44. The van der Waals surface area contributed by atoms with Gasteiger partial charge in [-0.1, -0.05) is 13.3 Å². The summed E-state index contributed by atoms with van der Waals surface area (Å²) < 4.78 is 35.1. The van der Waals surface area contributed by atoms with Crippen LogP contribution in [0.3, 0.4) is 0 Å². The Kier molecular flexibility index (Phi) is 4.39. The second-order valence-electron chi connectivity index (χ2n) is 2.65. The molecule has 0 aliphatic carbocycles. The molecule has 0 aliphatic rings. The average molecular weight is 213 g/mol. The second kappa shape index (κ2) is 4.83. The molecule has 0 rings (SSSR count). The van der Waals surface area contributed by atoms with Crippen molar-refractivity contribution in [2.45, 2.75) is 32.0 Å². The van der Waals surface area contributed by atoms with Crippen LogP contribution < -0.4 is 5.32 Å². The highest BCUT2D eigenvalue weighted by molar-refractivity contribution is 5.86. The normalized spacial score (nSPS) is 13.4. The quantitative estimate of drug-likeness (QED) is 0.729. The van der Waals surface area contributed by atoms with E-state index in [1.165, 1.54) is 5.32 Å². The van der Waals surface area contributed by atoms with Crippen molar-refractivity contribution in [3.63, 3.8) is 0 Å². The van der Waals surface area contributed by atoms with Crippen molar-refractivity contribution < 1.29 is 27.9 Å². The zero-order chi connectivity index (χ0) is 11.4. The molecule has 0 aromatic rings. The number of carbonyl (C=O) groups excluding carboxylic acids is 1. The summed E-state index contributed by atoms with van der Waals surface area (Å²) in [6, 6.07) is -1.48. The van der Waals surface area contributed by atoms with E-state index in [-0.39, 0.29) is 6.42 Å². The molecule has 0 heterocycles. The zero-order valence-corrected chi connectivity index (χ0v) is 7.39. The molecule has 82 valence electrons. The topological polar surface area (TPSA) is 66.4 Å². The largest absolute Gasteiger partial charge is 0.480 e. The van der Waals surface area contributed by atoms with Crippen molar-refractivity contribution in [1.82, 2.24) is 5.32 Å². The fourth-order valence-electron chi connectivity index (χ4n) is 0.786. The van der Waals surface area contributed by atoms with Crippen molar-refractivity contribution >= 4 is 11.9 Å². The number of carbonyl (C=O) groups is 2. The zero-order valence-electron chi connectivity index (χ0n) is 7.39. The van der Waals surface area contributed by atoms with Gasteiger partial charge in [0.05, 0.1) is 0 Å². The fourth-order valence-corrected chi connectivity index (χ4v) is 0.786. The lowest BCUT2D eigenvalue weighted by atomic mass is 10.1. The summed E-state index contributed by atoms with van der Waals surface area (Å²) in [6.07, 6.45) is -4.70. The van der Waals surface area contributed by atoms with Crippen molar-refractivity contribution in [3.8, 4) is 0 Å². The lowest BCUT2D eigenvalue weighted by Crippen LogP contribution is -2.46. The van der Waals surface area contributed by atoms with Crippen LogP contribution >= 0.6 is 0 Å². The Hall–Kier alpha value is -1.27. The molecule has 2 N–H and O–H groups in total. The van der Waals surface area contributed by atoms with Crippen LogP contribution in [0, 0.1) is 0 Å². The highest BCUT2D eigenvalue weighted by Crippen LogP contribution is 2.15. The molecule has 4 nitrogen and oxygen atoms in total. The van der Waals surface area contributed by atoms with E-state index in [1.54, 1.807) is 6.92 Å². The maximum absolute atomic E-state index is 11.7. The van der Waals surface area contributed by atoms with E-state index in [9.17, 15) is 22.8 Å². The van der Waals surface area contributed by atoms with Crippen LogP contribution in [-0.4, -0.2) is 29.2 Å². The number of rotatable bonds is 4. The summed E-state index contributed by atoms with van der Waals surface area (Å²) in [4.78, 5) is 20.7. The summed E-state index contributed by atoms with van der Waals surface area (Å²) in [5, 5.41) is 9.83. The smallest absolute Gasteiger partial charge is 0.471 e. The van der Waals surface area contributed by atoms with Crippen LogP contribution in [0.1, 0.15) is 19.8 Å². The Morgan fingerprint density at radius 3 is 2.21 bits per heavy atom. The first-order valence-corrected chi connectivity index (χ1v) is 3.89. The van der Waals surface area contributed by atoms with Crippen molar-refractivity contribution in [2.75, 3.05) is 0 Å². The first-order valence-electron chi connectivity index (χ1n) is 3.89. The van der Waals surface area contributed by atoms with Gasteiger partial charge in [0.2, 0.25) is 0 Å². The number of halogens is 3. The Balaban J connectivity index is 4.31. The molecule has 1 amide bonds. The number of carboxylic acids is 1. The molecule has 0 aromatic carbocycles. The van der Waals surface area contributed by atoms with Gasteiger partial charge in [0.1, 0.15) is 6.04 Å². The Morgan fingerprint density at radius 1 is 1.43 bits per heavy atom. The molecule has 0 aromatic heterocycles. The van der Waals surface area contributed by atoms with Crippen LogP contribution in [-0.2, 0) is 9.59 Å². The third kappa shape index (κ3) is 4.11. The standard InChI is InChI=1S/C7H10F3NO3/c1-2-3-4(5(12)13)11-6(14)7(8,9)10/h4H,2-3H2,1H3,(H,11,14)(H,12,13)/t4-/m0/s1. The number of alkyl halides is 3. The average Bonchev–Trinajstić information content (AvgIpc) is 2.01. The van der Waals surface area contributed by atoms with Crippen LogP contribution in [0.5, 0.6) is 0 Å². The third-order valence-electron chi connectivity index (χ3n) is 1.44. The van der Waals surface area contributed by atoms with E-state index in [4.69, 9.17) is 5.11 Å². The SMILES string of the molecule is CCC[C@H](NC(=O)C(F)(F)F)C(=O)O. The molecule has 1 atom stereocenters. The van der Waals surface area contributed by atoms with E-state index in [0.717, 1.165) is 0 Å². The van der Waals surface area contributed by atoms with E-state index in [1.807, 2.05) is 0 Å². The summed E-state index contributed by atoms with van der Waals surface area (Å²) in [7, 11) is 0. The van der Waals surface area contributed by atoms with Gasteiger partial charge in [-0.15, -0.1) is 0 Å². The van der Waals surface area contributed by atoms with Crippen molar-refractivity contribution in [2.24, 2.45) is 0 Å². The van der Waals surface area contributed by atoms with Crippen LogP contribution in [0.4, 0.5) is 13.2 Å². The van der Waals surface area contributed by atoms with Gasteiger partial charge >= 0.3 is 18.1 Å². The summed E-state index contributed by atoms with van der Waals surface area (Å²) >= 11 is 0. The Morgan fingerprint density at radius 2 is 1.93 bits per heavy atom. The van der Waals surface area contributed by atoms with E-state index in [0.29, 0.717) is 6.42 Å². The summed E-state index contributed by atoms with van der Waals surface area (Å²) in [5.74, 6) is -3.69. The molecule has 0 aliphatic heterocycles. The molecule has 7 heteroatoms.